The van der Waals surface area contributed by atoms with Crippen LogP contribution in [0.4, 0.5) is 17.2 Å². The highest BCUT2D eigenvalue weighted by atomic mass is 16.6. The van der Waals surface area contributed by atoms with Crippen LogP contribution in [0.5, 0.6) is 0 Å². The van der Waals surface area contributed by atoms with Crippen LogP contribution in [-0.2, 0) is 0 Å². The number of benzene rings is 2. The third kappa shape index (κ3) is 3.22. The molecule has 0 saturated carbocycles. The summed E-state index contributed by atoms with van der Waals surface area (Å²) in [6.07, 6.45) is 2.92. The van der Waals surface area contributed by atoms with Crippen molar-refractivity contribution in [1.82, 2.24) is 9.97 Å². The van der Waals surface area contributed by atoms with E-state index in [9.17, 15) is 10.1 Å². The minimum Gasteiger partial charge on any atom is -0.340 e. The maximum absolute atomic E-state index is 11.2. The maximum Gasteiger partial charge on any atom is 0.295 e. The van der Waals surface area contributed by atoms with Crippen LogP contribution in [-0.4, -0.2) is 14.9 Å². The average Bonchev–Trinajstić information content (AvgIpc) is 2.74. The third-order valence-corrected chi connectivity index (χ3v) is 4.33. The minimum absolute atomic E-state index is 0.0233. The van der Waals surface area contributed by atoms with E-state index in [0.29, 0.717) is 22.3 Å². The monoisotopic (exact) mass is 367 g/mol. The number of nitriles is 1. The van der Waals surface area contributed by atoms with E-state index in [1.165, 1.54) is 6.20 Å². The van der Waals surface area contributed by atoms with Gasteiger partial charge < -0.3 is 5.32 Å². The number of nitro groups is 1. The molecule has 4 aromatic rings. The molecule has 0 unspecified atom stereocenters. The largest absolute Gasteiger partial charge is 0.340 e. The van der Waals surface area contributed by atoms with Crippen molar-refractivity contribution < 1.29 is 4.92 Å². The van der Waals surface area contributed by atoms with Crippen molar-refractivity contribution in [2.24, 2.45) is 0 Å². The van der Waals surface area contributed by atoms with Gasteiger partial charge in [-0.1, -0.05) is 30.3 Å². The third-order valence-electron chi connectivity index (χ3n) is 4.33. The molecule has 0 spiro atoms. The van der Waals surface area contributed by atoms with Crippen LogP contribution in [0.2, 0.25) is 0 Å². The number of rotatable bonds is 4. The Morgan fingerprint density at radius 3 is 2.25 bits per heavy atom. The van der Waals surface area contributed by atoms with Crippen molar-refractivity contribution in [1.29, 1.82) is 5.26 Å². The quantitative estimate of drug-likeness (QED) is 0.409. The SMILES string of the molecule is N#Cc1ccc(-c2ccc(Nc3ncc([N+](=O)[O-])c4ccccc34)cc2)cn1. The van der Waals surface area contributed by atoms with E-state index in [1.54, 1.807) is 30.5 Å². The van der Waals surface area contributed by atoms with Crippen LogP contribution >= 0.6 is 0 Å². The number of hydrogen-bond donors (Lipinski definition) is 1. The molecule has 0 aliphatic heterocycles. The summed E-state index contributed by atoms with van der Waals surface area (Å²) >= 11 is 0. The van der Waals surface area contributed by atoms with Crippen LogP contribution < -0.4 is 5.32 Å². The summed E-state index contributed by atoms with van der Waals surface area (Å²) < 4.78 is 0. The van der Waals surface area contributed by atoms with Crippen LogP contribution in [0.25, 0.3) is 21.9 Å². The first-order chi connectivity index (χ1) is 13.7. The zero-order valence-electron chi connectivity index (χ0n) is 14.5. The molecular formula is C21H13N5O2. The fourth-order valence-corrected chi connectivity index (χ4v) is 2.94. The molecule has 0 saturated heterocycles. The molecule has 0 radical (unpaired) electrons. The van der Waals surface area contributed by atoms with Gasteiger partial charge in [0.15, 0.2) is 0 Å². The minimum atomic E-state index is -0.431. The van der Waals surface area contributed by atoms with Gasteiger partial charge in [-0.15, -0.1) is 0 Å². The fraction of sp³-hybridized carbons (Fsp3) is 0. The van der Waals surface area contributed by atoms with E-state index < -0.39 is 4.92 Å². The number of hydrogen-bond acceptors (Lipinski definition) is 6. The zero-order valence-corrected chi connectivity index (χ0v) is 14.5. The topological polar surface area (TPSA) is 105 Å². The van der Waals surface area contributed by atoms with E-state index in [0.717, 1.165) is 16.8 Å². The molecule has 0 fully saturated rings. The number of anilines is 2. The molecule has 2 heterocycles. The lowest BCUT2D eigenvalue weighted by Gasteiger charge is -2.10. The molecule has 2 aromatic carbocycles. The van der Waals surface area contributed by atoms with Crippen LogP contribution in [0.15, 0.2) is 73.1 Å². The molecular weight excluding hydrogens is 354 g/mol. The summed E-state index contributed by atoms with van der Waals surface area (Å²) in [5, 5.41) is 24.5. The second-order valence-electron chi connectivity index (χ2n) is 6.04. The first-order valence-electron chi connectivity index (χ1n) is 8.41. The van der Waals surface area contributed by atoms with Gasteiger partial charge >= 0.3 is 0 Å². The van der Waals surface area contributed by atoms with Gasteiger partial charge in [0.2, 0.25) is 0 Å². The predicted molar refractivity (Wildman–Crippen MR) is 106 cm³/mol. The summed E-state index contributed by atoms with van der Waals surface area (Å²) in [6, 6.07) is 20.3. The van der Waals surface area contributed by atoms with E-state index in [-0.39, 0.29) is 5.69 Å². The standard InChI is InChI=1S/C21H13N5O2/c22-11-17-10-7-15(12-23-17)14-5-8-16(9-6-14)25-21-19-4-2-1-3-18(19)20(13-24-21)26(27)28/h1-10,12-13H,(H,24,25). The Labute approximate surface area is 160 Å². The van der Waals surface area contributed by atoms with E-state index >= 15 is 0 Å². The number of aromatic nitrogens is 2. The summed E-state index contributed by atoms with van der Waals surface area (Å²) in [5.41, 5.74) is 3.02. The maximum atomic E-state index is 11.2. The molecule has 4 rings (SSSR count). The van der Waals surface area contributed by atoms with Crippen LogP contribution in [0.3, 0.4) is 0 Å². The zero-order chi connectivity index (χ0) is 19.5. The number of nitrogens with one attached hydrogen (secondary N) is 1. The Morgan fingerprint density at radius 2 is 1.61 bits per heavy atom. The van der Waals surface area contributed by atoms with Gasteiger partial charge in [0.1, 0.15) is 23.8 Å². The van der Waals surface area contributed by atoms with Crippen molar-refractivity contribution in [2.45, 2.75) is 0 Å². The Balaban J connectivity index is 1.64. The Kier molecular flexibility index (Phi) is 4.36. The first-order valence-corrected chi connectivity index (χ1v) is 8.41. The summed E-state index contributed by atoms with van der Waals surface area (Å²) in [5.74, 6) is 0.550. The van der Waals surface area contributed by atoms with Gasteiger partial charge in [0.05, 0.1) is 10.3 Å². The lowest BCUT2D eigenvalue weighted by atomic mass is 10.1. The summed E-state index contributed by atoms with van der Waals surface area (Å²) in [6.45, 7) is 0. The summed E-state index contributed by atoms with van der Waals surface area (Å²) in [7, 11) is 0. The average molecular weight is 367 g/mol. The Morgan fingerprint density at radius 1 is 0.893 bits per heavy atom. The predicted octanol–water partition coefficient (Wildman–Crippen LogP) is 4.82. The lowest BCUT2D eigenvalue weighted by Crippen LogP contribution is -1.98. The molecule has 0 aliphatic carbocycles. The molecule has 7 nitrogen and oxygen atoms in total. The first kappa shape index (κ1) is 17.1. The van der Waals surface area contributed by atoms with Gasteiger partial charge in [-0.25, -0.2) is 9.97 Å². The molecule has 0 atom stereocenters. The highest BCUT2D eigenvalue weighted by Crippen LogP contribution is 2.31. The van der Waals surface area contributed by atoms with Crippen molar-refractivity contribution in [3.63, 3.8) is 0 Å². The molecule has 0 amide bonds. The molecule has 28 heavy (non-hydrogen) atoms. The van der Waals surface area contributed by atoms with Crippen LogP contribution in [0, 0.1) is 21.4 Å². The Hall–Kier alpha value is -4.31. The molecule has 0 bridgehead atoms. The van der Waals surface area contributed by atoms with Crippen molar-refractivity contribution in [3.8, 4) is 17.2 Å². The van der Waals surface area contributed by atoms with E-state index in [4.69, 9.17) is 5.26 Å². The number of fused-ring (bicyclic) bond motifs is 1. The normalized spacial score (nSPS) is 10.4. The fourth-order valence-electron chi connectivity index (χ4n) is 2.94. The van der Waals surface area contributed by atoms with E-state index in [2.05, 4.69) is 15.3 Å². The Bertz CT molecular complexity index is 1210. The van der Waals surface area contributed by atoms with E-state index in [1.807, 2.05) is 42.5 Å². The van der Waals surface area contributed by atoms with Crippen molar-refractivity contribution in [3.05, 3.63) is 88.9 Å². The second kappa shape index (κ2) is 7.13. The number of pyridine rings is 2. The molecule has 1 N–H and O–H groups in total. The van der Waals surface area contributed by atoms with Gasteiger partial charge in [-0.05, 0) is 35.9 Å². The van der Waals surface area contributed by atoms with Gasteiger partial charge in [-0.3, -0.25) is 10.1 Å². The molecule has 2 aromatic heterocycles. The summed E-state index contributed by atoms with van der Waals surface area (Å²) in [4.78, 5) is 19.1. The number of nitrogens with zero attached hydrogens (tertiary/aromatic N) is 4. The second-order valence-corrected chi connectivity index (χ2v) is 6.04. The highest BCUT2D eigenvalue weighted by Gasteiger charge is 2.15. The lowest BCUT2D eigenvalue weighted by molar-refractivity contribution is -0.383. The highest BCUT2D eigenvalue weighted by molar-refractivity contribution is 5.98. The van der Waals surface area contributed by atoms with Gasteiger partial charge in [-0.2, -0.15) is 5.26 Å². The smallest absolute Gasteiger partial charge is 0.295 e. The molecule has 7 heteroatoms. The van der Waals surface area contributed by atoms with Crippen LogP contribution in [0.1, 0.15) is 5.69 Å². The van der Waals surface area contributed by atoms with Crippen molar-refractivity contribution in [2.75, 3.05) is 5.32 Å². The molecule has 0 aliphatic rings. The molecule has 134 valence electrons. The van der Waals surface area contributed by atoms with Gasteiger partial charge in [0, 0.05) is 22.8 Å². The van der Waals surface area contributed by atoms with Crippen molar-refractivity contribution >= 4 is 28.0 Å². The van der Waals surface area contributed by atoms with Gasteiger partial charge in [0.25, 0.3) is 5.69 Å².